The highest BCUT2D eigenvalue weighted by Gasteiger charge is 2.20. The van der Waals surface area contributed by atoms with Gasteiger partial charge in [-0.1, -0.05) is 36.0 Å². The van der Waals surface area contributed by atoms with Crippen molar-refractivity contribution in [2.75, 3.05) is 5.32 Å². The number of anilines is 1. The Bertz CT molecular complexity index is 1050. The van der Waals surface area contributed by atoms with E-state index in [9.17, 15) is 9.59 Å². The van der Waals surface area contributed by atoms with Crippen molar-refractivity contribution in [3.8, 4) is 0 Å². The number of thioether (sulfide) groups is 1. The van der Waals surface area contributed by atoms with Gasteiger partial charge in [-0.15, -0.1) is 17.9 Å². The van der Waals surface area contributed by atoms with Gasteiger partial charge >= 0.3 is 0 Å². The number of hydrogen-bond acceptors (Lipinski definition) is 5. The van der Waals surface area contributed by atoms with Gasteiger partial charge in [0.25, 0.3) is 5.56 Å². The van der Waals surface area contributed by atoms with Crippen molar-refractivity contribution in [2.45, 2.75) is 37.7 Å². The number of nitrogens with zero attached hydrogens (tertiary/aromatic N) is 2. The summed E-state index contributed by atoms with van der Waals surface area (Å²) in [5, 5.41) is 5.56. The maximum Gasteiger partial charge on any atom is 0.263 e. The molecule has 0 saturated carbocycles. The first-order chi connectivity index (χ1) is 12.9. The molecule has 0 radical (unpaired) electrons. The van der Waals surface area contributed by atoms with Gasteiger partial charge in [0.1, 0.15) is 4.83 Å². The molecule has 0 aliphatic carbocycles. The number of rotatable bonds is 6. The Morgan fingerprint density at radius 2 is 2.07 bits per heavy atom. The summed E-state index contributed by atoms with van der Waals surface area (Å²) >= 11 is 2.70. The molecular formula is C20H21N3O2S2. The van der Waals surface area contributed by atoms with Crippen LogP contribution >= 0.6 is 23.1 Å². The van der Waals surface area contributed by atoms with E-state index in [2.05, 4.69) is 16.9 Å². The number of nitrogens with one attached hydrogen (secondary N) is 1. The second-order valence-electron chi connectivity index (χ2n) is 6.25. The van der Waals surface area contributed by atoms with Crippen molar-refractivity contribution < 1.29 is 4.79 Å². The second-order valence-corrected chi connectivity index (χ2v) is 8.46. The van der Waals surface area contributed by atoms with Crippen molar-refractivity contribution in [2.24, 2.45) is 0 Å². The minimum atomic E-state index is -0.413. The molecule has 1 amide bonds. The number of aryl methyl sites for hydroxylation is 2. The van der Waals surface area contributed by atoms with Gasteiger partial charge in [-0.05, 0) is 43.3 Å². The molecule has 1 atom stereocenters. The third-order valence-corrected chi connectivity index (χ3v) is 6.14. The van der Waals surface area contributed by atoms with Crippen LogP contribution < -0.4 is 10.9 Å². The van der Waals surface area contributed by atoms with E-state index < -0.39 is 5.25 Å². The zero-order valence-electron chi connectivity index (χ0n) is 15.5. The van der Waals surface area contributed by atoms with Crippen molar-refractivity contribution >= 4 is 44.9 Å². The summed E-state index contributed by atoms with van der Waals surface area (Å²) in [7, 11) is 0. The van der Waals surface area contributed by atoms with Crippen LogP contribution in [0.4, 0.5) is 5.69 Å². The Morgan fingerprint density at radius 1 is 1.37 bits per heavy atom. The molecule has 1 unspecified atom stereocenters. The summed E-state index contributed by atoms with van der Waals surface area (Å²) in [6, 6.07) is 7.68. The summed E-state index contributed by atoms with van der Waals surface area (Å²) in [5.41, 5.74) is 2.76. The first-order valence-corrected chi connectivity index (χ1v) is 10.3. The van der Waals surface area contributed by atoms with Gasteiger partial charge in [0.15, 0.2) is 5.16 Å². The Balaban J connectivity index is 1.88. The SMILES string of the molecule is C=CCn1c(SC(C)C(=O)Nc2c(C)cccc2C)nc2sccc2c1=O. The van der Waals surface area contributed by atoms with Gasteiger partial charge in [0.2, 0.25) is 5.91 Å². The second kappa shape index (κ2) is 8.10. The Morgan fingerprint density at radius 3 is 2.74 bits per heavy atom. The lowest BCUT2D eigenvalue weighted by atomic mass is 10.1. The molecule has 27 heavy (non-hydrogen) atoms. The molecular weight excluding hydrogens is 378 g/mol. The van der Waals surface area contributed by atoms with Crippen LogP contribution in [0.5, 0.6) is 0 Å². The van der Waals surface area contributed by atoms with E-state index in [-0.39, 0.29) is 11.5 Å². The number of benzene rings is 1. The summed E-state index contributed by atoms with van der Waals surface area (Å²) in [4.78, 5) is 30.7. The third-order valence-electron chi connectivity index (χ3n) is 4.24. The molecule has 1 N–H and O–H groups in total. The molecule has 0 bridgehead atoms. The van der Waals surface area contributed by atoms with Crippen molar-refractivity contribution in [1.82, 2.24) is 9.55 Å². The topological polar surface area (TPSA) is 64.0 Å². The number of fused-ring (bicyclic) bond motifs is 1. The fraction of sp³-hybridized carbons (Fsp3) is 0.250. The normalized spacial score (nSPS) is 12.1. The van der Waals surface area contributed by atoms with E-state index in [1.54, 1.807) is 16.7 Å². The molecule has 3 aromatic rings. The van der Waals surface area contributed by atoms with Crippen LogP contribution in [0.15, 0.2) is 52.3 Å². The Hall–Kier alpha value is -2.38. The highest BCUT2D eigenvalue weighted by Crippen LogP contribution is 2.26. The maximum atomic E-state index is 12.7. The molecule has 7 heteroatoms. The van der Waals surface area contributed by atoms with Gasteiger partial charge in [0.05, 0.1) is 10.6 Å². The van der Waals surface area contributed by atoms with Crippen LogP contribution in [-0.2, 0) is 11.3 Å². The number of aromatic nitrogens is 2. The summed E-state index contributed by atoms with van der Waals surface area (Å²) < 4.78 is 1.56. The Labute approximate surface area is 166 Å². The van der Waals surface area contributed by atoms with Crippen molar-refractivity contribution in [1.29, 1.82) is 0 Å². The number of carbonyl (C=O) groups excluding carboxylic acids is 1. The zero-order chi connectivity index (χ0) is 19.6. The molecule has 2 aromatic heterocycles. The van der Waals surface area contributed by atoms with E-state index in [1.165, 1.54) is 23.1 Å². The van der Waals surface area contributed by atoms with Crippen LogP contribution in [0.3, 0.4) is 0 Å². The van der Waals surface area contributed by atoms with Crippen molar-refractivity contribution in [3.63, 3.8) is 0 Å². The van der Waals surface area contributed by atoms with E-state index in [1.807, 2.05) is 44.4 Å². The predicted octanol–water partition coefficient (Wildman–Crippen LogP) is 4.38. The lowest BCUT2D eigenvalue weighted by Crippen LogP contribution is -2.27. The monoisotopic (exact) mass is 399 g/mol. The van der Waals surface area contributed by atoms with Gasteiger partial charge in [0, 0.05) is 12.2 Å². The fourth-order valence-corrected chi connectivity index (χ4v) is 4.48. The molecule has 0 aliphatic heterocycles. The minimum absolute atomic E-state index is 0.106. The molecule has 5 nitrogen and oxygen atoms in total. The fourth-order valence-electron chi connectivity index (χ4n) is 2.76. The summed E-state index contributed by atoms with van der Waals surface area (Å²) in [6.45, 7) is 9.82. The quantitative estimate of drug-likeness (QED) is 0.380. The van der Waals surface area contributed by atoms with Crippen LogP contribution in [0.2, 0.25) is 0 Å². The Kier molecular flexibility index (Phi) is 5.82. The largest absolute Gasteiger partial charge is 0.325 e. The molecule has 3 rings (SSSR count). The van der Waals surface area contributed by atoms with Crippen molar-refractivity contribution in [3.05, 3.63) is 63.8 Å². The third kappa shape index (κ3) is 3.99. The standard InChI is InChI=1S/C20H21N3O2S2/c1-5-10-23-19(25)15-9-11-26-18(15)22-20(23)27-14(4)17(24)21-16-12(2)7-6-8-13(16)3/h5-9,11,14H,1,10H2,2-4H3,(H,21,24). The number of para-hydroxylation sites is 1. The summed E-state index contributed by atoms with van der Waals surface area (Å²) in [5.74, 6) is -0.122. The minimum Gasteiger partial charge on any atom is -0.325 e. The van der Waals surface area contributed by atoms with Gasteiger partial charge < -0.3 is 5.32 Å². The van der Waals surface area contributed by atoms with Crippen LogP contribution in [-0.4, -0.2) is 20.7 Å². The van der Waals surface area contributed by atoms with Gasteiger partial charge in [-0.25, -0.2) is 4.98 Å². The van der Waals surface area contributed by atoms with Gasteiger partial charge in [-0.3, -0.25) is 14.2 Å². The van der Waals surface area contributed by atoms with E-state index in [4.69, 9.17) is 0 Å². The maximum absolute atomic E-state index is 12.7. The smallest absolute Gasteiger partial charge is 0.263 e. The highest BCUT2D eigenvalue weighted by molar-refractivity contribution is 8.00. The van der Waals surface area contributed by atoms with Crippen LogP contribution in [0, 0.1) is 13.8 Å². The lowest BCUT2D eigenvalue weighted by molar-refractivity contribution is -0.115. The number of thiophene rings is 1. The number of allylic oxidation sites excluding steroid dienone is 1. The number of amides is 1. The highest BCUT2D eigenvalue weighted by atomic mass is 32.2. The first kappa shape index (κ1) is 19.4. The number of carbonyl (C=O) groups is 1. The molecule has 2 heterocycles. The molecule has 0 spiro atoms. The molecule has 140 valence electrons. The number of hydrogen-bond donors (Lipinski definition) is 1. The zero-order valence-corrected chi connectivity index (χ0v) is 17.1. The predicted molar refractivity (Wildman–Crippen MR) is 114 cm³/mol. The molecule has 0 saturated heterocycles. The lowest BCUT2D eigenvalue weighted by Gasteiger charge is -2.16. The van der Waals surface area contributed by atoms with Crippen LogP contribution in [0.1, 0.15) is 18.1 Å². The molecule has 0 fully saturated rings. The van der Waals surface area contributed by atoms with Gasteiger partial charge in [-0.2, -0.15) is 0 Å². The van der Waals surface area contributed by atoms with E-state index >= 15 is 0 Å². The molecule has 0 aliphatic rings. The summed E-state index contributed by atoms with van der Waals surface area (Å²) in [6.07, 6.45) is 1.66. The average Bonchev–Trinajstić information content (AvgIpc) is 3.10. The first-order valence-electron chi connectivity index (χ1n) is 8.55. The molecule has 1 aromatic carbocycles. The average molecular weight is 400 g/mol. The van der Waals surface area contributed by atoms with E-state index in [0.29, 0.717) is 21.9 Å². The van der Waals surface area contributed by atoms with Crippen LogP contribution in [0.25, 0.3) is 10.2 Å². The van der Waals surface area contributed by atoms with E-state index in [0.717, 1.165) is 16.8 Å².